The zero-order chi connectivity index (χ0) is 15.7. The molecule has 1 aromatic carbocycles. The molecular formula is C11H11BrClF2NO3S. The van der Waals surface area contributed by atoms with Crippen LogP contribution in [-0.2, 0) is 9.05 Å². The molecule has 1 aromatic rings. The number of halogens is 4. The summed E-state index contributed by atoms with van der Waals surface area (Å²) in [5.74, 6) is -0.703. The van der Waals surface area contributed by atoms with E-state index in [-0.39, 0.29) is 10.5 Å². The van der Waals surface area contributed by atoms with E-state index in [1.54, 1.807) is 6.92 Å². The Kier molecular flexibility index (Phi) is 5.51. The third-order valence-corrected chi connectivity index (χ3v) is 4.75. The molecule has 112 valence electrons. The fourth-order valence-corrected chi connectivity index (χ4v) is 2.91. The van der Waals surface area contributed by atoms with E-state index in [1.165, 1.54) is 13.1 Å². The molecule has 0 saturated carbocycles. The molecule has 0 aromatic heterocycles. The molecule has 0 aliphatic rings. The van der Waals surface area contributed by atoms with Crippen molar-refractivity contribution < 1.29 is 22.0 Å². The van der Waals surface area contributed by atoms with E-state index in [9.17, 15) is 22.0 Å². The number of rotatable bonds is 4. The van der Waals surface area contributed by atoms with Gasteiger partial charge >= 0.3 is 0 Å². The maximum atomic E-state index is 12.3. The van der Waals surface area contributed by atoms with E-state index in [4.69, 9.17) is 10.7 Å². The first-order chi connectivity index (χ1) is 9.04. The number of alkyl halides is 2. The monoisotopic (exact) mass is 389 g/mol. The summed E-state index contributed by atoms with van der Waals surface area (Å²) in [5.41, 5.74) is 0.446. The summed E-state index contributed by atoms with van der Waals surface area (Å²) in [6.45, 7) is 0.825. The maximum absolute atomic E-state index is 12.3. The van der Waals surface area contributed by atoms with Gasteiger partial charge in [0.15, 0.2) is 0 Å². The van der Waals surface area contributed by atoms with Crippen molar-refractivity contribution in [3.63, 3.8) is 0 Å². The summed E-state index contributed by atoms with van der Waals surface area (Å²) in [6, 6.07) is 2.33. The van der Waals surface area contributed by atoms with E-state index in [2.05, 4.69) is 15.9 Å². The summed E-state index contributed by atoms with van der Waals surface area (Å²) in [7, 11) is 2.42. The van der Waals surface area contributed by atoms with Crippen LogP contribution in [-0.4, -0.2) is 39.2 Å². The van der Waals surface area contributed by atoms with Gasteiger partial charge in [0.25, 0.3) is 21.4 Å². The molecule has 0 saturated heterocycles. The van der Waals surface area contributed by atoms with Gasteiger partial charge in [-0.2, -0.15) is 0 Å². The van der Waals surface area contributed by atoms with Gasteiger partial charge < -0.3 is 4.90 Å². The van der Waals surface area contributed by atoms with E-state index in [0.717, 1.165) is 11.0 Å². The van der Waals surface area contributed by atoms with Crippen LogP contribution >= 0.6 is 26.6 Å². The SMILES string of the molecule is Cc1c(Br)cc(S(=O)(=O)Cl)cc1C(=O)N(C)CC(F)F. The van der Waals surface area contributed by atoms with Gasteiger partial charge in [0.05, 0.1) is 11.4 Å². The molecule has 0 unspecified atom stereocenters. The van der Waals surface area contributed by atoms with Gasteiger partial charge in [0.1, 0.15) is 0 Å². The van der Waals surface area contributed by atoms with Crippen LogP contribution in [0.25, 0.3) is 0 Å². The highest BCUT2D eigenvalue weighted by molar-refractivity contribution is 9.10. The van der Waals surface area contributed by atoms with E-state index >= 15 is 0 Å². The number of amides is 1. The van der Waals surface area contributed by atoms with Gasteiger partial charge in [0.2, 0.25) is 0 Å². The lowest BCUT2D eigenvalue weighted by molar-refractivity contribution is 0.0619. The second-order valence-electron chi connectivity index (χ2n) is 4.09. The second-order valence-corrected chi connectivity index (χ2v) is 7.51. The molecule has 0 N–H and O–H groups in total. The minimum absolute atomic E-state index is 0.00162. The number of nitrogens with zero attached hydrogens (tertiary/aromatic N) is 1. The number of benzene rings is 1. The van der Waals surface area contributed by atoms with Crippen molar-refractivity contribution in [1.82, 2.24) is 4.90 Å². The van der Waals surface area contributed by atoms with E-state index < -0.39 is 27.9 Å². The lowest BCUT2D eigenvalue weighted by Gasteiger charge is -2.18. The predicted molar refractivity (Wildman–Crippen MR) is 74.9 cm³/mol. The Morgan fingerprint density at radius 3 is 2.45 bits per heavy atom. The molecule has 9 heteroatoms. The smallest absolute Gasteiger partial charge is 0.261 e. The second kappa shape index (κ2) is 6.36. The van der Waals surface area contributed by atoms with Gasteiger partial charge in [-0.1, -0.05) is 15.9 Å². The van der Waals surface area contributed by atoms with Crippen molar-refractivity contribution in [3.05, 3.63) is 27.7 Å². The Bertz CT molecular complexity index is 637. The molecule has 0 atom stereocenters. The summed E-state index contributed by atoms with van der Waals surface area (Å²) < 4.78 is 47.6. The standard InChI is InChI=1S/C11H11BrClF2NO3S/c1-6-8(11(17)16(2)5-10(14)15)3-7(4-9(6)12)20(13,18)19/h3-4,10H,5H2,1-2H3. The molecule has 0 aliphatic heterocycles. The topological polar surface area (TPSA) is 54.5 Å². The van der Waals surface area contributed by atoms with Crippen molar-refractivity contribution in [2.45, 2.75) is 18.2 Å². The largest absolute Gasteiger partial charge is 0.336 e. The number of carbonyl (C=O) groups excluding carboxylic acids is 1. The first kappa shape index (κ1) is 17.3. The van der Waals surface area contributed by atoms with Crippen molar-refractivity contribution in [3.8, 4) is 0 Å². The molecule has 4 nitrogen and oxygen atoms in total. The van der Waals surface area contributed by atoms with Crippen LogP contribution in [0, 0.1) is 6.92 Å². The molecule has 1 rings (SSSR count). The minimum Gasteiger partial charge on any atom is -0.336 e. The van der Waals surface area contributed by atoms with Crippen molar-refractivity contribution in [2.24, 2.45) is 0 Å². The Morgan fingerprint density at radius 2 is 2.00 bits per heavy atom. The Morgan fingerprint density at radius 1 is 1.45 bits per heavy atom. The molecule has 0 bridgehead atoms. The van der Waals surface area contributed by atoms with Gasteiger partial charge in [-0.15, -0.1) is 0 Å². The van der Waals surface area contributed by atoms with Crippen LogP contribution < -0.4 is 0 Å². The number of hydrogen-bond donors (Lipinski definition) is 0. The summed E-state index contributed by atoms with van der Waals surface area (Å²) in [6.07, 6.45) is -2.67. The minimum atomic E-state index is -4.02. The quantitative estimate of drug-likeness (QED) is 0.743. The van der Waals surface area contributed by atoms with Crippen molar-refractivity contribution >= 4 is 41.6 Å². The zero-order valence-electron chi connectivity index (χ0n) is 10.5. The summed E-state index contributed by atoms with van der Waals surface area (Å²) in [4.78, 5) is 12.6. The van der Waals surface area contributed by atoms with Crippen molar-refractivity contribution in [2.75, 3.05) is 13.6 Å². The van der Waals surface area contributed by atoms with Crippen LogP contribution in [0.3, 0.4) is 0 Å². The van der Waals surface area contributed by atoms with Gasteiger partial charge in [0, 0.05) is 27.8 Å². The Labute approximate surface area is 128 Å². The molecule has 0 spiro atoms. The molecule has 1 amide bonds. The summed E-state index contributed by atoms with van der Waals surface area (Å²) in [5, 5.41) is 0. The molecule has 0 fully saturated rings. The van der Waals surface area contributed by atoms with Crippen LogP contribution in [0.2, 0.25) is 0 Å². The third-order valence-electron chi connectivity index (χ3n) is 2.59. The van der Waals surface area contributed by atoms with Gasteiger partial charge in [-0.05, 0) is 24.6 Å². The lowest BCUT2D eigenvalue weighted by atomic mass is 10.1. The Balaban J connectivity index is 3.31. The maximum Gasteiger partial charge on any atom is 0.261 e. The first-order valence-electron chi connectivity index (χ1n) is 5.32. The van der Waals surface area contributed by atoms with Crippen LogP contribution in [0.1, 0.15) is 15.9 Å². The molecule has 0 radical (unpaired) electrons. The van der Waals surface area contributed by atoms with Gasteiger partial charge in [-0.25, -0.2) is 17.2 Å². The first-order valence-corrected chi connectivity index (χ1v) is 8.42. The number of hydrogen-bond acceptors (Lipinski definition) is 3. The highest BCUT2D eigenvalue weighted by atomic mass is 79.9. The van der Waals surface area contributed by atoms with E-state index in [1.807, 2.05) is 0 Å². The normalized spacial score (nSPS) is 11.8. The third kappa shape index (κ3) is 4.13. The van der Waals surface area contributed by atoms with Crippen LogP contribution in [0.5, 0.6) is 0 Å². The average molecular weight is 391 g/mol. The summed E-state index contributed by atoms with van der Waals surface area (Å²) >= 11 is 3.12. The fourth-order valence-electron chi connectivity index (χ4n) is 1.51. The highest BCUT2D eigenvalue weighted by Crippen LogP contribution is 2.27. The Hall–Kier alpha value is -0.730. The fraction of sp³-hybridized carbons (Fsp3) is 0.364. The van der Waals surface area contributed by atoms with Crippen LogP contribution in [0.4, 0.5) is 8.78 Å². The highest BCUT2D eigenvalue weighted by Gasteiger charge is 2.22. The molecule has 0 heterocycles. The molecular weight excluding hydrogens is 380 g/mol. The predicted octanol–water partition coefficient (Wildman–Crippen LogP) is 3.02. The van der Waals surface area contributed by atoms with E-state index in [0.29, 0.717) is 10.0 Å². The van der Waals surface area contributed by atoms with Gasteiger partial charge in [-0.3, -0.25) is 4.79 Å². The van der Waals surface area contributed by atoms with Crippen molar-refractivity contribution in [1.29, 1.82) is 0 Å². The average Bonchev–Trinajstić information content (AvgIpc) is 2.29. The lowest BCUT2D eigenvalue weighted by Crippen LogP contribution is -2.31. The van der Waals surface area contributed by atoms with Crippen LogP contribution in [0.15, 0.2) is 21.5 Å². The zero-order valence-corrected chi connectivity index (χ0v) is 13.7. The molecule has 0 aliphatic carbocycles. The molecule has 20 heavy (non-hydrogen) atoms. The number of carbonyl (C=O) groups is 1.